The highest BCUT2D eigenvalue weighted by molar-refractivity contribution is 6.74. The Morgan fingerprint density at radius 1 is 0.865 bits per heavy atom. The summed E-state index contributed by atoms with van der Waals surface area (Å²) in [6, 6.07) is 0. The summed E-state index contributed by atoms with van der Waals surface area (Å²) in [6.45, 7) is 38.7. The largest absolute Gasteiger partial charge is 0.465 e. The minimum Gasteiger partial charge on any atom is -0.465 e. The molecule has 1 amide bonds. The highest BCUT2D eigenvalue weighted by atomic mass is 28.4. The van der Waals surface area contributed by atoms with Crippen LogP contribution in [0.2, 0.25) is 36.3 Å². The molecule has 9 atom stereocenters. The Kier molecular flexibility index (Phi) is 18.6. The van der Waals surface area contributed by atoms with Crippen LogP contribution in [0.3, 0.4) is 0 Å². The number of aliphatic hydroxyl groups is 2. The molecule has 0 saturated heterocycles. The summed E-state index contributed by atoms with van der Waals surface area (Å²) in [6.07, 6.45) is 16.0. The van der Waals surface area contributed by atoms with Crippen molar-refractivity contribution in [3.05, 3.63) is 48.6 Å². The second-order valence-electron chi connectivity index (χ2n) is 19.4. The van der Waals surface area contributed by atoms with Crippen LogP contribution in [0, 0.1) is 35.5 Å². The molecule has 0 aliphatic heterocycles. The topological polar surface area (TPSA) is 108 Å². The molecule has 9 heteroatoms. The number of aliphatic hydroxyl groups excluding tert-OH is 1. The van der Waals surface area contributed by atoms with Crippen LogP contribution in [-0.4, -0.2) is 62.1 Å². The first kappa shape index (κ1) is 48.5. The van der Waals surface area contributed by atoms with Crippen LogP contribution in [-0.2, 0) is 8.85 Å². The lowest BCUT2D eigenvalue weighted by atomic mass is 9.77. The molecule has 0 bridgehead atoms. The minimum absolute atomic E-state index is 0.0342. The van der Waals surface area contributed by atoms with Crippen molar-refractivity contribution < 1.29 is 29.0 Å². The first-order chi connectivity index (χ1) is 23.6. The van der Waals surface area contributed by atoms with Crippen LogP contribution in [0.5, 0.6) is 0 Å². The molecule has 0 aromatic heterocycles. The molecule has 1 fully saturated rings. The molecular formula is C43H81NO6Si2. The lowest BCUT2D eigenvalue weighted by Gasteiger charge is -2.48. The summed E-state index contributed by atoms with van der Waals surface area (Å²) in [4.78, 5) is 12.1. The van der Waals surface area contributed by atoms with Crippen molar-refractivity contribution in [2.75, 3.05) is 0 Å². The van der Waals surface area contributed by atoms with E-state index in [1.54, 1.807) is 18.2 Å². The summed E-state index contributed by atoms with van der Waals surface area (Å²) >= 11 is 0. The van der Waals surface area contributed by atoms with Crippen molar-refractivity contribution in [1.82, 2.24) is 5.32 Å². The maximum atomic E-state index is 12.1. The molecule has 4 N–H and O–H groups in total. The Morgan fingerprint density at radius 3 is 1.83 bits per heavy atom. The third-order valence-electron chi connectivity index (χ3n) is 12.7. The summed E-state index contributed by atoms with van der Waals surface area (Å²) in [5.41, 5.74) is -0.573. The second kappa shape index (κ2) is 19.9. The minimum atomic E-state index is -2.35. The van der Waals surface area contributed by atoms with E-state index >= 15 is 0 Å². The zero-order valence-electron chi connectivity index (χ0n) is 36.2. The van der Waals surface area contributed by atoms with Gasteiger partial charge in [0.05, 0.1) is 18.3 Å². The number of rotatable bonds is 20. The van der Waals surface area contributed by atoms with Crippen LogP contribution in [0.25, 0.3) is 0 Å². The van der Waals surface area contributed by atoms with Crippen LogP contribution in [0.1, 0.15) is 122 Å². The van der Waals surface area contributed by atoms with Gasteiger partial charge in [-0.1, -0.05) is 150 Å². The molecule has 1 saturated carbocycles. The van der Waals surface area contributed by atoms with E-state index < -0.39 is 52.5 Å². The lowest BCUT2D eigenvalue weighted by molar-refractivity contribution is -0.112. The molecule has 52 heavy (non-hydrogen) atoms. The van der Waals surface area contributed by atoms with E-state index in [0.717, 1.165) is 6.42 Å². The molecule has 0 aromatic rings. The molecule has 1 aliphatic carbocycles. The Bertz CT molecular complexity index is 1210. The van der Waals surface area contributed by atoms with Crippen LogP contribution in [0.15, 0.2) is 48.6 Å². The van der Waals surface area contributed by atoms with Gasteiger partial charge in [0, 0.05) is 11.8 Å². The molecule has 4 unspecified atom stereocenters. The van der Waals surface area contributed by atoms with Crippen LogP contribution < -0.4 is 5.32 Å². The van der Waals surface area contributed by atoms with E-state index in [1.807, 2.05) is 19.9 Å². The number of hydrogen-bond acceptors (Lipinski definition) is 5. The maximum absolute atomic E-state index is 12.1. The molecule has 0 heterocycles. The molecule has 302 valence electrons. The number of nitrogens with one attached hydrogen (secondary N) is 1. The van der Waals surface area contributed by atoms with E-state index in [0.29, 0.717) is 12.3 Å². The normalized spacial score (nSPS) is 21.7. The predicted molar refractivity (Wildman–Crippen MR) is 226 cm³/mol. The Hall–Kier alpha value is -1.50. The fourth-order valence-electron chi connectivity index (χ4n) is 7.21. The first-order valence-corrected chi connectivity index (χ1v) is 25.8. The maximum Gasteiger partial charge on any atom is 0.406 e. The van der Waals surface area contributed by atoms with Gasteiger partial charge in [0.1, 0.15) is 0 Å². The van der Waals surface area contributed by atoms with E-state index in [4.69, 9.17) is 8.85 Å². The van der Waals surface area contributed by atoms with Gasteiger partial charge in [-0.05, 0) is 79.7 Å². The SMILES string of the molecule is C=C/C=C\C(C)C(O)(NC(=O)O)C(C)C(O[Si](C)(C)C(C)(C)C)[C@@H](C)C/C(C)=C\[C@H](C)[C@@H](O[Si](C)(C)C(C)(C)C)[C@@H](C)/C=C\[C@@H](O)CC1CCCC1. The van der Waals surface area contributed by atoms with Gasteiger partial charge in [0.15, 0.2) is 22.4 Å². The molecule has 0 radical (unpaired) electrons. The molecule has 1 rings (SSSR count). The van der Waals surface area contributed by atoms with E-state index in [9.17, 15) is 20.1 Å². The van der Waals surface area contributed by atoms with Gasteiger partial charge in [-0.2, -0.15) is 0 Å². The fourth-order valence-corrected chi connectivity index (χ4v) is 10.1. The van der Waals surface area contributed by atoms with E-state index in [1.165, 1.54) is 31.3 Å². The summed E-state index contributed by atoms with van der Waals surface area (Å²) < 4.78 is 14.3. The molecule has 7 nitrogen and oxygen atoms in total. The lowest BCUT2D eigenvalue weighted by Crippen LogP contribution is -2.62. The number of hydrogen-bond donors (Lipinski definition) is 4. The third kappa shape index (κ3) is 14.3. The van der Waals surface area contributed by atoms with Crippen molar-refractivity contribution in [2.24, 2.45) is 35.5 Å². The van der Waals surface area contributed by atoms with Crippen LogP contribution in [0.4, 0.5) is 4.79 Å². The van der Waals surface area contributed by atoms with Crippen molar-refractivity contribution in [2.45, 2.75) is 182 Å². The zero-order valence-corrected chi connectivity index (χ0v) is 38.2. The van der Waals surface area contributed by atoms with Gasteiger partial charge in [-0.3, -0.25) is 5.32 Å². The average Bonchev–Trinajstić information content (AvgIpc) is 3.50. The van der Waals surface area contributed by atoms with Gasteiger partial charge >= 0.3 is 6.09 Å². The Labute approximate surface area is 322 Å². The van der Waals surface area contributed by atoms with Gasteiger partial charge in [-0.15, -0.1) is 0 Å². The number of carboxylic acid groups (broad SMARTS) is 1. The van der Waals surface area contributed by atoms with Gasteiger partial charge in [0.25, 0.3) is 0 Å². The second-order valence-corrected chi connectivity index (χ2v) is 28.9. The number of carbonyl (C=O) groups is 1. The van der Waals surface area contributed by atoms with Crippen molar-refractivity contribution in [3.63, 3.8) is 0 Å². The summed E-state index contributed by atoms with van der Waals surface area (Å²) in [5.74, 6) is -0.326. The summed E-state index contributed by atoms with van der Waals surface area (Å²) in [5, 5.41) is 35.3. The number of allylic oxidation sites excluding steroid dienone is 3. The molecule has 0 spiro atoms. The zero-order chi connectivity index (χ0) is 40.5. The predicted octanol–water partition coefficient (Wildman–Crippen LogP) is 11.5. The first-order valence-electron chi connectivity index (χ1n) is 20.0. The summed E-state index contributed by atoms with van der Waals surface area (Å²) in [7, 11) is -4.48. The quantitative estimate of drug-likeness (QED) is 0.0426. The molecule has 0 aromatic carbocycles. The van der Waals surface area contributed by atoms with Gasteiger partial charge in [-0.25, -0.2) is 4.79 Å². The standard InChI is InChI=1S/C43H81NO6Si2/c1-18-19-22-34(6)43(48,44-40(46)47)35(7)39(50-52(16,17)42(11,12)13)33(5)28-30(2)27-32(4)38(49-51(14,15)41(8,9)10)31(3)25-26-37(45)29-36-23-20-21-24-36/h18-19,22,25-27,31-39,44-45,48H,1,20-21,23-24,28-29H2,2-17H3,(H,46,47)/b22-19-,26-25-,30-27-/t31-,32-,33-,34?,35?,37+,38-,39?,43?/m0/s1. The Balaban J connectivity index is 3.54. The van der Waals surface area contributed by atoms with Crippen molar-refractivity contribution in [1.29, 1.82) is 0 Å². The third-order valence-corrected chi connectivity index (χ3v) is 21.6. The van der Waals surface area contributed by atoms with E-state index in [2.05, 4.69) is 119 Å². The monoisotopic (exact) mass is 764 g/mol. The smallest absolute Gasteiger partial charge is 0.406 e. The van der Waals surface area contributed by atoms with E-state index in [-0.39, 0.29) is 33.9 Å². The molecule has 1 aliphatic rings. The average molecular weight is 764 g/mol. The molecular weight excluding hydrogens is 683 g/mol. The number of amides is 1. The van der Waals surface area contributed by atoms with Crippen molar-refractivity contribution in [3.8, 4) is 0 Å². The fraction of sp³-hybridized carbons (Fsp3) is 0.791. The highest BCUT2D eigenvalue weighted by Crippen LogP contribution is 2.43. The highest BCUT2D eigenvalue weighted by Gasteiger charge is 2.49. The Morgan fingerprint density at radius 2 is 1.37 bits per heavy atom. The van der Waals surface area contributed by atoms with Crippen LogP contribution >= 0.6 is 0 Å². The van der Waals surface area contributed by atoms with Crippen molar-refractivity contribution >= 4 is 22.7 Å². The van der Waals surface area contributed by atoms with Gasteiger partial charge in [0.2, 0.25) is 0 Å². The van der Waals surface area contributed by atoms with Gasteiger partial charge < -0.3 is 24.2 Å².